The summed E-state index contributed by atoms with van der Waals surface area (Å²) in [6.45, 7) is 6.03. The van der Waals surface area contributed by atoms with Crippen molar-refractivity contribution in [1.82, 2.24) is 4.98 Å². The number of aryl methyl sites for hydroxylation is 1. The van der Waals surface area contributed by atoms with Crippen molar-refractivity contribution in [2.45, 2.75) is 27.2 Å². The molecular formula is C11H16ClNO2. The SMILES string of the molecule is Cc1cc(CC(C)C)cc(C(=O)O)n1.Cl. The van der Waals surface area contributed by atoms with Crippen LogP contribution in [0.15, 0.2) is 12.1 Å². The van der Waals surface area contributed by atoms with Gasteiger partial charge < -0.3 is 5.11 Å². The summed E-state index contributed by atoms with van der Waals surface area (Å²) in [4.78, 5) is 14.7. The molecule has 3 nitrogen and oxygen atoms in total. The highest BCUT2D eigenvalue weighted by Gasteiger charge is 2.07. The Morgan fingerprint density at radius 1 is 1.47 bits per heavy atom. The first kappa shape index (κ1) is 13.9. The summed E-state index contributed by atoms with van der Waals surface area (Å²) in [6.07, 6.45) is 0.893. The maximum absolute atomic E-state index is 10.7. The third kappa shape index (κ3) is 4.30. The second-order valence-electron chi connectivity index (χ2n) is 3.91. The van der Waals surface area contributed by atoms with Gasteiger partial charge in [0.25, 0.3) is 0 Å². The minimum absolute atomic E-state index is 0. The van der Waals surface area contributed by atoms with Crippen LogP contribution in [-0.2, 0) is 6.42 Å². The Morgan fingerprint density at radius 2 is 2.07 bits per heavy atom. The fourth-order valence-electron chi connectivity index (χ4n) is 1.44. The predicted molar refractivity (Wildman–Crippen MR) is 61.7 cm³/mol. The summed E-state index contributed by atoms with van der Waals surface area (Å²) < 4.78 is 0. The average molecular weight is 230 g/mol. The quantitative estimate of drug-likeness (QED) is 0.867. The van der Waals surface area contributed by atoms with E-state index in [-0.39, 0.29) is 18.1 Å². The van der Waals surface area contributed by atoms with Crippen LogP contribution in [0.1, 0.15) is 35.6 Å². The highest BCUT2D eigenvalue weighted by atomic mass is 35.5. The maximum atomic E-state index is 10.7. The molecule has 0 amide bonds. The van der Waals surface area contributed by atoms with Crippen LogP contribution in [0.3, 0.4) is 0 Å². The fourth-order valence-corrected chi connectivity index (χ4v) is 1.44. The van der Waals surface area contributed by atoms with Crippen LogP contribution in [0.25, 0.3) is 0 Å². The molecule has 1 heterocycles. The molecule has 0 bridgehead atoms. The molecule has 84 valence electrons. The number of carboxylic acid groups (broad SMARTS) is 1. The lowest BCUT2D eigenvalue weighted by Crippen LogP contribution is -2.04. The molecule has 0 saturated heterocycles. The van der Waals surface area contributed by atoms with Crippen molar-refractivity contribution < 1.29 is 9.90 Å². The zero-order chi connectivity index (χ0) is 10.7. The van der Waals surface area contributed by atoms with E-state index >= 15 is 0 Å². The molecule has 0 spiro atoms. The molecule has 0 aromatic carbocycles. The monoisotopic (exact) mass is 229 g/mol. The Hall–Kier alpha value is -1.09. The van der Waals surface area contributed by atoms with Gasteiger partial charge >= 0.3 is 5.97 Å². The van der Waals surface area contributed by atoms with Crippen LogP contribution in [0, 0.1) is 12.8 Å². The number of pyridine rings is 1. The lowest BCUT2D eigenvalue weighted by Gasteiger charge is -2.06. The van der Waals surface area contributed by atoms with Crippen molar-refractivity contribution in [3.63, 3.8) is 0 Å². The number of hydrogen-bond donors (Lipinski definition) is 1. The van der Waals surface area contributed by atoms with Gasteiger partial charge in [-0.15, -0.1) is 12.4 Å². The van der Waals surface area contributed by atoms with E-state index in [2.05, 4.69) is 18.8 Å². The summed E-state index contributed by atoms with van der Waals surface area (Å²) >= 11 is 0. The van der Waals surface area contributed by atoms with Crippen molar-refractivity contribution in [2.24, 2.45) is 5.92 Å². The van der Waals surface area contributed by atoms with Gasteiger partial charge in [-0.1, -0.05) is 13.8 Å². The summed E-state index contributed by atoms with van der Waals surface area (Å²) in [7, 11) is 0. The van der Waals surface area contributed by atoms with E-state index in [1.54, 1.807) is 6.07 Å². The Kier molecular flexibility index (Phi) is 5.29. The second-order valence-corrected chi connectivity index (χ2v) is 3.91. The number of aromatic nitrogens is 1. The van der Waals surface area contributed by atoms with Crippen LogP contribution in [0.4, 0.5) is 0 Å². The first-order valence-corrected chi connectivity index (χ1v) is 4.70. The molecule has 1 aromatic heterocycles. The average Bonchev–Trinajstić information content (AvgIpc) is 2.01. The molecule has 0 aliphatic carbocycles. The molecule has 1 aromatic rings. The van der Waals surface area contributed by atoms with Crippen molar-refractivity contribution in [2.75, 3.05) is 0 Å². The fraction of sp³-hybridized carbons (Fsp3) is 0.455. The zero-order valence-electron chi connectivity index (χ0n) is 9.15. The van der Waals surface area contributed by atoms with E-state index < -0.39 is 5.97 Å². The number of carboxylic acids is 1. The number of nitrogens with zero attached hydrogens (tertiary/aromatic N) is 1. The number of carbonyl (C=O) groups is 1. The minimum atomic E-state index is -0.960. The summed E-state index contributed by atoms with van der Waals surface area (Å²) in [5.74, 6) is -0.433. The largest absolute Gasteiger partial charge is 0.477 e. The first-order chi connectivity index (χ1) is 6.49. The Bertz CT molecular complexity index is 350. The van der Waals surface area contributed by atoms with E-state index in [1.807, 2.05) is 13.0 Å². The van der Waals surface area contributed by atoms with Gasteiger partial charge in [-0.05, 0) is 37.0 Å². The molecule has 1 N–H and O–H groups in total. The van der Waals surface area contributed by atoms with Gasteiger partial charge in [-0.2, -0.15) is 0 Å². The molecule has 0 fully saturated rings. The third-order valence-corrected chi connectivity index (χ3v) is 1.88. The zero-order valence-corrected chi connectivity index (χ0v) is 9.97. The maximum Gasteiger partial charge on any atom is 0.354 e. The topological polar surface area (TPSA) is 50.2 Å². The van der Waals surface area contributed by atoms with Crippen LogP contribution >= 0.6 is 12.4 Å². The molecule has 1 rings (SSSR count). The Morgan fingerprint density at radius 3 is 2.53 bits per heavy atom. The lowest BCUT2D eigenvalue weighted by molar-refractivity contribution is 0.0690. The van der Waals surface area contributed by atoms with Crippen molar-refractivity contribution in [3.05, 3.63) is 29.1 Å². The van der Waals surface area contributed by atoms with Crippen LogP contribution in [0.2, 0.25) is 0 Å². The summed E-state index contributed by atoms with van der Waals surface area (Å²) in [5.41, 5.74) is 1.95. The number of aromatic carboxylic acids is 1. The Balaban J connectivity index is 0.00000196. The molecule has 0 radical (unpaired) electrons. The standard InChI is InChI=1S/C11H15NO2.ClH/c1-7(2)4-9-5-8(3)12-10(6-9)11(13)14;/h5-7H,4H2,1-3H3,(H,13,14);1H. The molecule has 0 aliphatic heterocycles. The van der Waals surface area contributed by atoms with E-state index in [4.69, 9.17) is 5.11 Å². The van der Waals surface area contributed by atoms with E-state index in [0.29, 0.717) is 5.92 Å². The van der Waals surface area contributed by atoms with Gasteiger partial charge in [0.05, 0.1) is 0 Å². The normalized spacial score (nSPS) is 9.87. The first-order valence-electron chi connectivity index (χ1n) is 4.70. The van der Waals surface area contributed by atoms with Crippen LogP contribution in [-0.4, -0.2) is 16.1 Å². The van der Waals surface area contributed by atoms with Crippen LogP contribution in [0.5, 0.6) is 0 Å². The van der Waals surface area contributed by atoms with Gasteiger partial charge in [0.1, 0.15) is 5.69 Å². The van der Waals surface area contributed by atoms with Crippen molar-refractivity contribution in [1.29, 1.82) is 0 Å². The smallest absolute Gasteiger partial charge is 0.354 e. The second kappa shape index (κ2) is 5.71. The van der Waals surface area contributed by atoms with Crippen LogP contribution < -0.4 is 0 Å². The molecule has 0 saturated carbocycles. The van der Waals surface area contributed by atoms with E-state index in [1.165, 1.54) is 0 Å². The number of halogens is 1. The Labute approximate surface area is 95.9 Å². The van der Waals surface area contributed by atoms with Crippen molar-refractivity contribution >= 4 is 18.4 Å². The summed E-state index contributed by atoms with van der Waals surface area (Å²) in [6, 6.07) is 3.59. The molecule has 4 heteroatoms. The minimum Gasteiger partial charge on any atom is -0.477 e. The molecule has 0 aliphatic rings. The van der Waals surface area contributed by atoms with E-state index in [0.717, 1.165) is 17.7 Å². The molecule has 15 heavy (non-hydrogen) atoms. The number of rotatable bonds is 3. The molecular weight excluding hydrogens is 214 g/mol. The highest BCUT2D eigenvalue weighted by Crippen LogP contribution is 2.11. The summed E-state index contributed by atoms with van der Waals surface area (Å²) in [5, 5.41) is 8.81. The van der Waals surface area contributed by atoms with E-state index in [9.17, 15) is 4.79 Å². The van der Waals surface area contributed by atoms with Gasteiger partial charge in [0.2, 0.25) is 0 Å². The molecule has 0 atom stereocenters. The van der Waals surface area contributed by atoms with Gasteiger partial charge in [-0.25, -0.2) is 9.78 Å². The highest BCUT2D eigenvalue weighted by molar-refractivity contribution is 5.85. The van der Waals surface area contributed by atoms with Gasteiger partial charge in [-0.3, -0.25) is 0 Å². The lowest BCUT2D eigenvalue weighted by atomic mass is 10.0. The predicted octanol–water partition coefficient (Wildman–Crippen LogP) is 2.71. The van der Waals surface area contributed by atoms with Crippen molar-refractivity contribution in [3.8, 4) is 0 Å². The number of hydrogen-bond acceptors (Lipinski definition) is 2. The van der Waals surface area contributed by atoms with Gasteiger partial charge in [0, 0.05) is 5.69 Å². The molecule has 0 unspecified atom stereocenters. The third-order valence-electron chi connectivity index (χ3n) is 1.88. The van der Waals surface area contributed by atoms with Gasteiger partial charge in [0.15, 0.2) is 0 Å².